The van der Waals surface area contributed by atoms with E-state index >= 15 is 0 Å². The molecule has 0 saturated carbocycles. The van der Waals surface area contributed by atoms with Gasteiger partial charge in [0.25, 0.3) is 0 Å². The Bertz CT molecular complexity index is 209. The minimum atomic E-state index is 0.509. The van der Waals surface area contributed by atoms with Gasteiger partial charge in [0.15, 0.2) is 0 Å². The molecule has 1 rings (SSSR count). The highest BCUT2D eigenvalue weighted by molar-refractivity contribution is 7.82. The van der Waals surface area contributed by atoms with Crippen LogP contribution in [0.25, 0.3) is 0 Å². The van der Waals surface area contributed by atoms with Crippen molar-refractivity contribution in [3.05, 3.63) is 5.01 Å². The molecule has 0 bridgehead atoms. The van der Waals surface area contributed by atoms with E-state index in [1.807, 2.05) is 0 Å². The van der Waals surface area contributed by atoms with E-state index in [1.54, 1.807) is 0 Å². The summed E-state index contributed by atoms with van der Waals surface area (Å²) < 4.78 is 0.648. The largest absolute Gasteiger partial charge is 0.204 e. The van der Waals surface area contributed by atoms with E-state index in [1.165, 1.54) is 11.3 Å². The van der Waals surface area contributed by atoms with E-state index in [0.717, 1.165) is 11.4 Å². The summed E-state index contributed by atoms with van der Waals surface area (Å²) in [7, 11) is 0. The van der Waals surface area contributed by atoms with Crippen molar-refractivity contribution >= 4 is 24.0 Å². The summed E-state index contributed by atoms with van der Waals surface area (Å²) in [4.78, 5) is 0. The number of aromatic nitrogens is 2. The Morgan fingerprint density at radius 1 is 1.60 bits per heavy atom. The van der Waals surface area contributed by atoms with Gasteiger partial charge in [-0.3, -0.25) is 0 Å². The smallest absolute Gasteiger partial charge is 0.142 e. The Labute approximate surface area is 70.1 Å². The zero-order valence-corrected chi connectivity index (χ0v) is 7.63. The van der Waals surface area contributed by atoms with Crippen molar-refractivity contribution < 1.29 is 0 Å². The van der Waals surface area contributed by atoms with Crippen molar-refractivity contribution in [3.8, 4) is 0 Å². The molecule has 2 nitrogen and oxygen atoms in total. The average molecular weight is 173 g/mol. The van der Waals surface area contributed by atoms with Crippen LogP contribution in [0, 0.1) is 0 Å². The molecule has 55 valence electrons. The normalized spacial score (nSPS) is 13.4. The van der Waals surface area contributed by atoms with E-state index in [4.69, 9.17) is 12.6 Å². The maximum absolute atomic E-state index is 4.84. The molecule has 1 atom stereocenters. The minimum Gasteiger partial charge on any atom is -0.142 e. The molecule has 10 heavy (non-hydrogen) atoms. The Morgan fingerprint density at radius 3 is 2.70 bits per heavy atom. The predicted octanol–water partition coefficient (Wildman–Crippen LogP) is 2.61. The van der Waals surface area contributed by atoms with Crippen LogP contribution in [0.15, 0.2) is 4.34 Å². The van der Waals surface area contributed by atoms with Crippen LogP contribution in [-0.2, 0) is 0 Å². The Balaban J connectivity index is 2.74. The zero-order chi connectivity index (χ0) is 7.56. The van der Waals surface area contributed by atoms with Gasteiger partial charge in [-0.1, -0.05) is 25.2 Å². The summed E-state index contributed by atoms with van der Waals surface area (Å²) in [6.07, 6.45) is 1.10. The topological polar surface area (TPSA) is 25.8 Å². The van der Waals surface area contributed by atoms with Crippen molar-refractivity contribution in [1.82, 2.24) is 10.2 Å². The second-order valence-electron chi connectivity index (χ2n) is 2.22. The van der Waals surface area contributed by atoms with Gasteiger partial charge in [0.2, 0.25) is 4.34 Å². The van der Waals surface area contributed by atoms with Gasteiger partial charge in [0.1, 0.15) is 5.01 Å². The van der Waals surface area contributed by atoms with Crippen LogP contribution < -0.4 is 0 Å². The van der Waals surface area contributed by atoms with Gasteiger partial charge in [-0.2, -0.15) is 0 Å². The summed E-state index contributed by atoms with van der Waals surface area (Å²) in [5.74, 6) is 0.509. The molecule has 1 aromatic heterocycles. The maximum Gasteiger partial charge on any atom is 0.204 e. The number of hydrogen-bond acceptors (Lipinski definition) is 3. The van der Waals surface area contributed by atoms with E-state index in [2.05, 4.69) is 24.0 Å². The SMILES string of the molecule is CCC(C)c1nnc([S])s1. The Morgan fingerprint density at radius 2 is 2.30 bits per heavy atom. The fourth-order valence-corrected chi connectivity index (χ4v) is 1.60. The highest BCUT2D eigenvalue weighted by Gasteiger charge is 2.07. The van der Waals surface area contributed by atoms with Gasteiger partial charge in [-0.05, 0) is 19.0 Å². The maximum atomic E-state index is 4.84. The summed E-state index contributed by atoms with van der Waals surface area (Å²) in [6.45, 7) is 4.27. The van der Waals surface area contributed by atoms with Crippen LogP contribution in [0.5, 0.6) is 0 Å². The molecule has 0 aliphatic rings. The summed E-state index contributed by atoms with van der Waals surface area (Å²) in [5, 5.41) is 8.78. The van der Waals surface area contributed by atoms with Gasteiger partial charge >= 0.3 is 0 Å². The van der Waals surface area contributed by atoms with Gasteiger partial charge in [-0.25, -0.2) is 0 Å². The van der Waals surface area contributed by atoms with Crippen LogP contribution in [-0.4, -0.2) is 10.2 Å². The highest BCUT2D eigenvalue weighted by Crippen LogP contribution is 2.23. The lowest BCUT2D eigenvalue weighted by molar-refractivity contribution is 0.712. The summed E-state index contributed by atoms with van der Waals surface area (Å²) >= 11 is 6.36. The molecule has 0 N–H and O–H groups in total. The van der Waals surface area contributed by atoms with Crippen molar-refractivity contribution in [3.63, 3.8) is 0 Å². The molecule has 1 unspecified atom stereocenters. The first-order chi connectivity index (χ1) is 4.74. The number of rotatable bonds is 2. The lowest BCUT2D eigenvalue weighted by atomic mass is 10.1. The second-order valence-corrected chi connectivity index (χ2v) is 3.87. The fourth-order valence-electron chi connectivity index (χ4n) is 0.594. The molecule has 0 aliphatic carbocycles. The number of nitrogens with zero attached hydrogens (tertiary/aromatic N) is 2. The molecule has 0 fully saturated rings. The monoisotopic (exact) mass is 173 g/mol. The van der Waals surface area contributed by atoms with Crippen LogP contribution in [0.2, 0.25) is 0 Å². The zero-order valence-electron chi connectivity index (χ0n) is 6.00. The lowest BCUT2D eigenvalue weighted by Crippen LogP contribution is -1.88. The van der Waals surface area contributed by atoms with Gasteiger partial charge < -0.3 is 0 Å². The summed E-state index contributed by atoms with van der Waals surface area (Å²) in [6, 6.07) is 0. The van der Waals surface area contributed by atoms with Crippen LogP contribution in [0.3, 0.4) is 0 Å². The van der Waals surface area contributed by atoms with Crippen molar-refractivity contribution in [2.45, 2.75) is 30.5 Å². The Kier molecular flexibility index (Phi) is 2.56. The predicted molar refractivity (Wildman–Crippen MR) is 44.5 cm³/mol. The van der Waals surface area contributed by atoms with Crippen molar-refractivity contribution in [2.75, 3.05) is 0 Å². The van der Waals surface area contributed by atoms with E-state index in [-0.39, 0.29) is 0 Å². The molecular weight excluding hydrogens is 164 g/mol. The van der Waals surface area contributed by atoms with Crippen LogP contribution in [0.1, 0.15) is 31.2 Å². The Hall–Kier alpha value is -0.220. The molecule has 0 amide bonds. The fraction of sp³-hybridized carbons (Fsp3) is 0.667. The molecule has 1 radical (unpaired) electrons. The van der Waals surface area contributed by atoms with E-state index in [9.17, 15) is 0 Å². The van der Waals surface area contributed by atoms with Crippen molar-refractivity contribution in [1.29, 1.82) is 0 Å². The van der Waals surface area contributed by atoms with Crippen LogP contribution >= 0.6 is 24.0 Å². The molecule has 0 aliphatic heterocycles. The first-order valence-corrected chi connectivity index (χ1v) is 4.47. The molecule has 4 heteroatoms. The average Bonchev–Trinajstić information content (AvgIpc) is 2.34. The number of hydrogen-bond donors (Lipinski definition) is 0. The van der Waals surface area contributed by atoms with Gasteiger partial charge in [0, 0.05) is 5.92 Å². The van der Waals surface area contributed by atoms with Gasteiger partial charge in [-0.15, -0.1) is 10.2 Å². The van der Waals surface area contributed by atoms with Crippen molar-refractivity contribution in [2.24, 2.45) is 0 Å². The third-order valence-corrected chi connectivity index (χ3v) is 2.74. The third kappa shape index (κ3) is 1.64. The van der Waals surface area contributed by atoms with E-state index < -0.39 is 0 Å². The summed E-state index contributed by atoms with van der Waals surface area (Å²) in [5.41, 5.74) is 0. The first kappa shape index (κ1) is 7.88. The van der Waals surface area contributed by atoms with Crippen LogP contribution in [0.4, 0.5) is 0 Å². The molecule has 1 heterocycles. The highest BCUT2D eigenvalue weighted by atomic mass is 32.2. The molecule has 1 aromatic rings. The van der Waals surface area contributed by atoms with Gasteiger partial charge in [0.05, 0.1) is 0 Å². The molecule has 0 saturated heterocycles. The minimum absolute atomic E-state index is 0.509. The quantitative estimate of drug-likeness (QED) is 0.687. The lowest BCUT2D eigenvalue weighted by Gasteiger charge is -1.99. The first-order valence-electron chi connectivity index (χ1n) is 3.24. The molecule has 0 spiro atoms. The second kappa shape index (κ2) is 3.25. The molecular formula is C6H9N2S2. The van der Waals surface area contributed by atoms with E-state index in [0.29, 0.717) is 10.3 Å². The third-order valence-electron chi connectivity index (χ3n) is 1.46. The standard InChI is InChI=1S/C6H9N2S2/c1-3-4(2)5-7-8-6(9)10-5/h4H,3H2,1-2H3. The molecule has 0 aromatic carbocycles.